The fraction of sp³-hybridized carbons (Fsp3) is 0.846. The Kier molecular flexibility index (Phi) is 9.47. The second-order valence-corrected chi connectivity index (χ2v) is 11.7. The predicted molar refractivity (Wildman–Crippen MR) is 138 cm³/mol. The Morgan fingerprint density at radius 2 is 1.82 bits per heavy atom. The van der Waals surface area contributed by atoms with Crippen LogP contribution in [0.2, 0.25) is 0 Å². The number of esters is 1. The highest BCUT2D eigenvalue weighted by molar-refractivity contribution is 7.80. The quantitative estimate of drug-likeness (QED) is 0.125. The van der Waals surface area contributed by atoms with Gasteiger partial charge in [0.25, 0.3) is 0 Å². The summed E-state index contributed by atoms with van der Waals surface area (Å²) in [5, 5.41) is 14.0. The molecular weight excluding hydrogens is 532 g/mol. The number of nitrogens with one attached hydrogen (secondary N) is 2. The molecule has 5 fully saturated rings. The summed E-state index contributed by atoms with van der Waals surface area (Å²) in [7, 11) is 0. The number of rotatable bonds is 11. The van der Waals surface area contributed by atoms with Crippen LogP contribution in [0.1, 0.15) is 72.1 Å². The molecule has 220 valence electrons. The molecule has 13 heteroatoms. The summed E-state index contributed by atoms with van der Waals surface area (Å²) in [6.07, 6.45) is 2.13. The van der Waals surface area contributed by atoms with E-state index in [0.717, 1.165) is 19.3 Å². The van der Waals surface area contributed by atoms with Gasteiger partial charge in [0, 0.05) is 43.4 Å². The lowest BCUT2D eigenvalue weighted by Gasteiger charge is -2.59. The van der Waals surface area contributed by atoms with E-state index in [-0.39, 0.29) is 55.2 Å². The van der Waals surface area contributed by atoms with E-state index in [9.17, 15) is 19.2 Å². The van der Waals surface area contributed by atoms with Crippen molar-refractivity contribution in [1.29, 1.82) is 0 Å². The van der Waals surface area contributed by atoms with E-state index in [1.807, 2.05) is 13.8 Å². The molecule has 1 saturated carbocycles. The van der Waals surface area contributed by atoms with E-state index >= 15 is 0 Å². The summed E-state index contributed by atoms with van der Waals surface area (Å²) in [5.41, 5.74) is -0.742. The molecule has 1 aliphatic carbocycles. The van der Waals surface area contributed by atoms with Crippen molar-refractivity contribution in [2.45, 2.75) is 102 Å². The molecule has 3 N–H and O–H groups in total. The topological polar surface area (TPSA) is 159 Å². The maximum atomic E-state index is 12.7. The van der Waals surface area contributed by atoms with Crippen molar-refractivity contribution in [2.75, 3.05) is 12.3 Å². The van der Waals surface area contributed by atoms with Crippen LogP contribution in [0.25, 0.3) is 0 Å². The predicted octanol–water partition coefficient (Wildman–Crippen LogP) is 1.91. The smallest absolute Gasteiger partial charge is 0.327 e. The third kappa shape index (κ3) is 6.37. The van der Waals surface area contributed by atoms with Crippen LogP contribution in [0.5, 0.6) is 0 Å². The lowest BCUT2D eigenvalue weighted by atomic mass is 9.58. The average Bonchev–Trinajstić information content (AvgIpc) is 3.12. The summed E-state index contributed by atoms with van der Waals surface area (Å²) in [5.74, 6) is -2.93. The summed E-state index contributed by atoms with van der Waals surface area (Å²) in [6, 6.07) is -1.06. The number of carbonyl (C=O) groups is 4. The first-order valence-corrected chi connectivity index (χ1v) is 14.4. The van der Waals surface area contributed by atoms with Gasteiger partial charge >= 0.3 is 11.9 Å². The van der Waals surface area contributed by atoms with Gasteiger partial charge in [-0.2, -0.15) is 12.6 Å². The highest BCUT2D eigenvalue weighted by Gasteiger charge is 2.69. The summed E-state index contributed by atoms with van der Waals surface area (Å²) >= 11 is 3.89. The van der Waals surface area contributed by atoms with Crippen molar-refractivity contribution in [1.82, 2.24) is 10.6 Å². The Morgan fingerprint density at radius 1 is 1.05 bits per heavy atom. The normalized spacial score (nSPS) is 37.6. The number of carboxylic acids is 1. The number of thiol groups is 1. The Labute approximate surface area is 233 Å². The largest absolute Gasteiger partial charge is 0.480 e. The number of ether oxygens (including phenoxy) is 3. The van der Waals surface area contributed by atoms with Crippen LogP contribution < -0.4 is 10.6 Å². The van der Waals surface area contributed by atoms with Crippen LogP contribution in [0, 0.1) is 23.7 Å². The minimum atomic E-state index is -1.16. The zero-order chi connectivity index (χ0) is 28.4. The van der Waals surface area contributed by atoms with E-state index in [4.69, 9.17) is 29.1 Å². The lowest BCUT2D eigenvalue weighted by molar-refractivity contribution is -0.576. The fourth-order valence-corrected chi connectivity index (χ4v) is 6.68. The average molecular weight is 573 g/mol. The van der Waals surface area contributed by atoms with Crippen molar-refractivity contribution in [2.24, 2.45) is 23.7 Å². The molecule has 0 aromatic heterocycles. The van der Waals surface area contributed by atoms with Crippen LogP contribution in [-0.4, -0.2) is 71.2 Å². The van der Waals surface area contributed by atoms with Gasteiger partial charge in [0.05, 0.1) is 6.42 Å². The van der Waals surface area contributed by atoms with Gasteiger partial charge < -0.3 is 30.0 Å². The molecule has 1 spiro atoms. The van der Waals surface area contributed by atoms with Crippen molar-refractivity contribution < 1.29 is 48.3 Å². The second kappa shape index (κ2) is 12.3. The third-order valence-electron chi connectivity index (χ3n) is 8.62. The number of carbonyl (C=O) groups excluding carboxylic acids is 3. The highest BCUT2D eigenvalue weighted by atomic mass is 32.1. The molecule has 5 rings (SSSR count). The van der Waals surface area contributed by atoms with Gasteiger partial charge in [-0.3, -0.25) is 14.4 Å². The zero-order valence-corrected chi connectivity index (χ0v) is 23.6. The standard InChI is InChI=1S/C26H40N2O10S/c1-14-6-7-17-15(2)23(35-24-26(17)16(14)10-11-25(3,36-24)37-38-26)34-21(31)9-8-19(29)27-12-4-5-20(30)28-18(13-39)22(32)33/h14-18,23-24,39H,4-13H2,1-3H3,(H,27,29)(H,28,30)(H,32,33)/t14-,15+,16+,17-,18-,23+,24+,25-,26+/m1/s1. The molecule has 39 heavy (non-hydrogen) atoms. The van der Waals surface area contributed by atoms with Gasteiger partial charge in [-0.25, -0.2) is 14.6 Å². The van der Waals surface area contributed by atoms with Gasteiger partial charge in [-0.1, -0.05) is 13.8 Å². The first-order chi connectivity index (χ1) is 18.5. The van der Waals surface area contributed by atoms with Crippen LogP contribution in [-0.2, 0) is 43.2 Å². The second-order valence-electron chi connectivity index (χ2n) is 11.4. The van der Waals surface area contributed by atoms with E-state index in [0.29, 0.717) is 18.8 Å². The van der Waals surface area contributed by atoms with Crippen molar-refractivity contribution in [3.05, 3.63) is 0 Å². The van der Waals surface area contributed by atoms with Crippen LogP contribution in [0.3, 0.4) is 0 Å². The molecule has 2 bridgehead atoms. The molecule has 5 aliphatic rings. The van der Waals surface area contributed by atoms with Gasteiger partial charge in [-0.15, -0.1) is 0 Å². The molecule has 4 aliphatic heterocycles. The molecular formula is C26H40N2O10S. The SMILES string of the molecule is C[C@@H]1[C@@H](OC(=O)CCC(=O)NCCCC(=O)N[C@H](CS)C(=O)O)O[C@H]2O[C@@]3(C)CC[C@H]4[C@H](C)CC[C@H]1[C@]24OO3. The summed E-state index contributed by atoms with van der Waals surface area (Å²) in [4.78, 5) is 59.5. The first-order valence-electron chi connectivity index (χ1n) is 13.8. The van der Waals surface area contributed by atoms with Crippen molar-refractivity contribution in [3.8, 4) is 0 Å². The number of fused-ring (bicyclic) bond motifs is 2. The monoisotopic (exact) mass is 572 g/mol. The molecule has 0 aromatic carbocycles. The van der Waals surface area contributed by atoms with Gasteiger partial charge in [0.1, 0.15) is 6.04 Å². The lowest BCUT2D eigenvalue weighted by Crippen LogP contribution is -2.70. The molecule has 12 nitrogen and oxygen atoms in total. The zero-order valence-electron chi connectivity index (χ0n) is 22.7. The minimum absolute atomic E-state index is 0.0188. The van der Waals surface area contributed by atoms with E-state index in [2.05, 4.69) is 30.2 Å². The van der Waals surface area contributed by atoms with Gasteiger partial charge in [0.2, 0.25) is 23.9 Å². The Hall–Kier alpha value is -1.93. The van der Waals surface area contributed by atoms with Crippen molar-refractivity contribution >= 4 is 36.4 Å². The van der Waals surface area contributed by atoms with Gasteiger partial charge in [0.15, 0.2) is 11.9 Å². The summed E-state index contributed by atoms with van der Waals surface area (Å²) < 4.78 is 18.2. The van der Waals surface area contributed by atoms with Crippen molar-refractivity contribution in [3.63, 3.8) is 0 Å². The van der Waals surface area contributed by atoms with E-state index in [1.165, 1.54) is 0 Å². The van der Waals surface area contributed by atoms with Gasteiger partial charge in [-0.05, 0) is 44.4 Å². The maximum absolute atomic E-state index is 12.7. The maximum Gasteiger partial charge on any atom is 0.327 e. The molecule has 9 atom stereocenters. The summed E-state index contributed by atoms with van der Waals surface area (Å²) in [6.45, 7) is 6.26. The van der Waals surface area contributed by atoms with Crippen LogP contribution in [0.15, 0.2) is 0 Å². The Morgan fingerprint density at radius 3 is 2.54 bits per heavy atom. The van der Waals surface area contributed by atoms with Crippen LogP contribution in [0.4, 0.5) is 0 Å². The fourth-order valence-electron chi connectivity index (χ4n) is 6.43. The minimum Gasteiger partial charge on any atom is -0.480 e. The molecule has 0 aromatic rings. The number of hydrogen-bond donors (Lipinski definition) is 4. The number of amides is 2. The molecule has 4 heterocycles. The molecule has 4 saturated heterocycles. The van der Waals surface area contributed by atoms with Crippen LogP contribution >= 0.6 is 12.6 Å². The number of hydrogen-bond acceptors (Lipinski definition) is 10. The Bertz CT molecular complexity index is 952. The molecule has 2 amide bonds. The van der Waals surface area contributed by atoms with E-state index in [1.54, 1.807) is 0 Å². The number of carboxylic acid groups (broad SMARTS) is 1. The van der Waals surface area contributed by atoms with E-state index < -0.39 is 47.9 Å². The number of aliphatic carboxylic acids is 1. The molecule has 0 unspecified atom stereocenters. The highest BCUT2D eigenvalue weighted by Crippen LogP contribution is 2.60. The Balaban J connectivity index is 1.23. The molecule has 0 radical (unpaired) electrons. The first kappa shape index (κ1) is 30.0. The third-order valence-corrected chi connectivity index (χ3v) is 8.98.